The summed E-state index contributed by atoms with van der Waals surface area (Å²) in [5.74, 6) is 1.37. The molecule has 0 aliphatic heterocycles. The molecule has 0 bridgehead atoms. The van der Waals surface area contributed by atoms with Gasteiger partial charge in [-0.3, -0.25) is 0 Å². The standard InChI is InChI=1S/C18H19ClN4S/c19-14-8-6-12(7-9-14)11-24-18-22-16(13-4-2-1-3-5-13)15(10-20)17(21)23-18/h6-9,13H,1-5,11H2,(H2,21,22,23). The Balaban J connectivity index is 1.81. The third kappa shape index (κ3) is 4.00. The van der Waals surface area contributed by atoms with Crippen molar-refractivity contribution in [3.63, 3.8) is 0 Å². The third-order valence-corrected chi connectivity index (χ3v) is 5.50. The predicted molar refractivity (Wildman–Crippen MR) is 98.0 cm³/mol. The molecule has 0 spiro atoms. The highest BCUT2D eigenvalue weighted by Gasteiger charge is 2.23. The number of nitriles is 1. The van der Waals surface area contributed by atoms with Gasteiger partial charge in [-0.15, -0.1) is 0 Å². The zero-order valence-electron chi connectivity index (χ0n) is 13.3. The topological polar surface area (TPSA) is 75.6 Å². The highest BCUT2D eigenvalue weighted by Crippen LogP contribution is 2.35. The molecule has 0 radical (unpaired) electrons. The fourth-order valence-electron chi connectivity index (χ4n) is 3.05. The van der Waals surface area contributed by atoms with Gasteiger partial charge >= 0.3 is 0 Å². The summed E-state index contributed by atoms with van der Waals surface area (Å²) >= 11 is 7.45. The summed E-state index contributed by atoms with van der Waals surface area (Å²) in [7, 11) is 0. The van der Waals surface area contributed by atoms with Gasteiger partial charge in [0.2, 0.25) is 0 Å². The molecule has 1 fully saturated rings. The Kier molecular flexibility index (Phi) is 5.60. The lowest BCUT2D eigenvalue weighted by atomic mass is 9.85. The minimum atomic E-state index is 0.298. The zero-order valence-corrected chi connectivity index (χ0v) is 14.9. The molecule has 1 heterocycles. The van der Waals surface area contributed by atoms with E-state index in [0.717, 1.165) is 34.9 Å². The first-order valence-corrected chi connectivity index (χ1v) is 9.48. The van der Waals surface area contributed by atoms with Gasteiger partial charge in [0, 0.05) is 16.7 Å². The van der Waals surface area contributed by atoms with Gasteiger partial charge in [0.25, 0.3) is 0 Å². The van der Waals surface area contributed by atoms with Crippen LogP contribution in [-0.2, 0) is 5.75 Å². The summed E-state index contributed by atoms with van der Waals surface area (Å²) in [6.45, 7) is 0. The van der Waals surface area contributed by atoms with Crippen LogP contribution in [0.4, 0.5) is 5.82 Å². The first-order chi connectivity index (χ1) is 11.7. The number of halogens is 1. The van der Waals surface area contributed by atoms with Crippen LogP contribution in [0.15, 0.2) is 29.4 Å². The fourth-order valence-corrected chi connectivity index (χ4v) is 3.99. The van der Waals surface area contributed by atoms with Gasteiger partial charge in [-0.05, 0) is 30.5 Å². The number of benzene rings is 1. The Labute approximate surface area is 151 Å². The molecule has 1 aliphatic rings. The van der Waals surface area contributed by atoms with Crippen molar-refractivity contribution in [3.8, 4) is 6.07 Å². The second kappa shape index (κ2) is 7.87. The smallest absolute Gasteiger partial charge is 0.190 e. The number of hydrogen-bond acceptors (Lipinski definition) is 5. The molecule has 0 unspecified atom stereocenters. The molecule has 4 nitrogen and oxygen atoms in total. The van der Waals surface area contributed by atoms with E-state index in [1.54, 1.807) is 0 Å². The van der Waals surface area contributed by atoms with Gasteiger partial charge in [-0.25, -0.2) is 9.97 Å². The highest BCUT2D eigenvalue weighted by atomic mass is 35.5. The van der Waals surface area contributed by atoms with Crippen LogP contribution in [0.1, 0.15) is 54.8 Å². The van der Waals surface area contributed by atoms with Crippen molar-refractivity contribution in [2.45, 2.75) is 48.9 Å². The van der Waals surface area contributed by atoms with E-state index in [4.69, 9.17) is 17.3 Å². The molecule has 3 rings (SSSR count). The van der Waals surface area contributed by atoms with Crippen molar-refractivity contribution < 1.29 is 0 Å². The number of anilines is 1. The van der Waals surface area contributed by atoms with Crippen molar-refractivity contribution in [2.75, 3.05) is 5.73 Å². The molecule has 24 heavy (non-hydrogen) atoms. The van der Waals surface area contributed by atoms with Crippen LogP contribution in [0.3, 0.4) is 0 Å². The van der Waals surface area contributed by atoms with Crippen LogP contribution in [0.5, 0.6) is 0 Å². The van der Waals surface area contributed by atoms with Gasteiger partial charge in [0.05, 0.1) is 5.69 Å². The summed E-state index contributed by atoms with van der Waals surface area (Å²) in [5.41, 5.74) is 8.46. The molecule has 1 aromatic heterocycles. The molecule has 0 amide bonds. The van der Waals surface area contributed by atoms with Crippen molar-refractivity contribution in [2.24, 2.45) is 0 Å². The largest absolute Gasteiger partial charge is 0.382 e. The van der Waals surface area contributed by atoms with Crippen molar-refractivity contribution in [3.05, 3.63) is 46.1 Å². The maximum absolute atomic E-state index is 9.43. The van der Waals surface area contributed by atoms with Gasteiger partial charge in [0.1, 0.15) is 17.5 Å². The van der Waals surface area contributed by atoms with Crippen molar-refractivity contribution in [1.29, 1.82) is 5.26 Å². The molecule has 1 aliphatic carbocycles. The number of thioether (sulfide) groups is 1. The molecule has 1 saturated carbocycles. The highest BCUT2D eigenvalue weighted by molar-refractivity contribution is 7.98. The van der Waals surface area contributed by atoms with E-state index in [1.807, 2.05) is 24.3 Å². The summed E-state index contributed by atoms with van der Waals surface area (Å²) in [6, 6.07) is 9.92. The fraction of sp³-hybridized carbons (Fsp3) is 0.389. The average Bonchev–Trinajstić information content (AvgIpc) is 2.61. The maximum atomic E-state index is 9.43. The van der Waals surface area contributed by atoms with Gasteiger partial charge < -0.3 is 5.73 Å². The normalized spacial score (nSPS) is 15.2. The Morgan fingerprint density at radius 1 is 1.17 bits per heavy atom. The number of nitrogens with zero attached hydrogens (tertiary/aromatic N) is 3. The van der Waals surface area contributed by atoms with E-state index < -0.39 is 0 Å². The summed E-state index contributed by atoms with van der Waals surface area (Å²) < 4.78 is 0. The average molecular weight is 359 g/mol. The van der Waals surface area contributed by atoms with Crippen LogP contribution >= 0.6 is 23.4 Å². The van der Waals surface area contributed by atoms with E-state index >= 15 is 0 Å². The molecular weight excluding hydrogens is 340 g/mol. The second-order valence-electron chi connectivity index (χ2n) is 6.01. The van der Waals surface area contributed by atoms with Crippen LogP contribution in [-0.4, -0.2) is 9.97 Å². The van der Waals surface area contributed by atoms with E-state index in [0.29, 0.717) is 22.5 Å². The van der Waals surface area contributed by atoms with Crippen molar-refractivity contribution >= 4 is 29.2 Å². The van der Waals surface area contributed by atoms with Crippen LogP contribution < -0.4 is 5.73 Å². The van der Waals surface area contributed by atoms with E-state index in [9.17, 15) is 5.26 Å². The van der Waals surface area contributed by atoms with Crippen LogP contribution in [0, 0.1) is 11.3 Å². The Morgan fingerprint density at radius 3 is 2.54 bits per heavy atom. The number of hydrogen-bond donors (Lipinski definition) is 1. The third-order valence-electron chi connectivity index (χ3n) is 4.33. The van der Waals surface area contributed by atoms with E-state index in [-0.39, 0.29) is 0 Å². The zero-order chi connectivity index (χ0) is 16.9. The summed E-state index contributed by atoms with van der Waals surface area (Å²) in [5, 5.41) is 10.8. The Morgan fingerprint density at radius 2 is 1.88 bits per heavy atom. The van der Waals surface area contributed by atoms with Crippen molar-refractivity contribution in [1.82, 2.24) is 9.97 Å². The first-order valence-electron chi connectivity index (χ1n) is 8.12. The van der Waals surface area contributed by atoms with Gasteiger partial charge in [-0.1, -0.05) is 54.8 Å². The SMILES string of the molecule is N#Cc1c(N)nc(SCc2ccc(Cl)cc2)nc1C1CCCCC1. The number of nitrogens with two attached hydrogens (primary N) is 1. The predicted octanol–water partition coefficient (Wildman–Crippen LogP) is 4.92. The monoisotopic (exact) mass is 358 g/mol. The van der Waals surface area contributed by atoms with Crippen LogP contribution in [0.2, 0.25) is 5.02 Å². The van der Waals surface area contributed by atoms with Gasteiger partial charge in [-0.2, -0.15) is 5.26 Å². The molecule has 2 aromatic rings. The molecule has 0 atom stereocenters. The Hall–Kier alpha value is -1.77. The molecule has 0 saturated heterocycles. The Bertz CT molecular complexity index is 749. The molecule has 124 valence electrons. The van der Waals surface area contributed by atoms with Crippen LogP contribution in [0.25, 0.3) is 0 Å². The van der Waals surface area contributed by atoms with E-state index in [2.05, 4.69) is 16.0 Å². The number of aromatic nitrogens is 2. The second-order valence-corrected chi connectivity index (χ2v) is 7.39. The molecule has 6 heteroatoms. The lowest BCUT2D eigenvalue weighted by molar-refractivity contribution is 0.433. The minimum absolute atomic E-state index is 0.298. The number of nitrogen functional groups attached to an aromatic ring is 1. The summed E-state index contributed by atoms with van der Waals surface area (Å²) in [4.78, 5) is 9.00. The van der Waals surface area contributed by atoms with E-state index in [1.165, 1.54) is 31.0 Å². The molecule has 2 N–H and O–H groups in total. The molecule has 1 aromatic carbocycles. The molecular formula is C18H19ClN4S. The van der Waals surface area contributed by atoms with Gasteiger partial charge in [0.15, 0.2) is 5.16 Å². The lowest BCUT2D eigenvalue weighted by Gasteiger charge is -2.22. The lowest BCUT2D eigenvalue weighted by Crippen LogP contribution is -2.12. The maximum Gasteiger partial charge on any atom is 0.190 e. The summed E-state index contributed by atoms with van der Waals surface area (Å²) in [6.07, 6.45) is 5.79. The first kappa shape index (κ1) is 17.1. The number of rotatable bonds is 4. The minimum Gasteiger partial charge on any atom is -0.382 e. The quantitative estimate of drug-likeness (QED) is 0.619.